The van der Waals surface area contributed by atoms with Crippen molar-refractivity contribution in [2.75, 3.05) is 22.9 Å². The quantitative estimate of drug-likeness (QED) is 0.174. The van der Waals surface area contributed by atoms with Crippen molar-refractivity contribution in [1.29, 1.82) is 0 Å². The lowest BCUT2D eigenvalue weighted by atomic mass is 10.0. The summed E-state index contributed by atoms with van der Waals surface area (Å²) < 4.78 is 87.3. The fourth-order valence-corrected chi connectivity index (χ4v) is 5.55. The number of hydrogen-bond donors (Lipinski definition) is 0. The molecule has 0 radical (unpaired) electrons. The van der Waals surface area contributed by atoms with E-state index < -0.39 is 23.5 Å². The van der Waals surface area contributed by atoms with Crippen molar-refractivity contribution in [1.82, 2.24) is 15.2 Å². The Morgan fingerprint density at radius 1 is 0.841 bits per heavy atom. The highest BCUT2D eigenvalue weighted by Crippen LogP contribution is 2.37. The van der Waals surface area contributed by atoms with Gasteiger partial charge in [-0.25, -0.2) is 4.98 Å². The zero-order valence-electron chi connectivity index (χ0n) is 25.3. The average molecular weight is 622 g/mol. The van der Waals surface area contributed by atoms with Crippen LogP contribution in [-0.2, 0) is 25.4 Å². The van der Waals surface area contributed by atoms with Gasteiger partial charge in [-0.2, -0.15) is 26.3 Å². The van der Waals surface area contributed by atoms with Crippen LogP contribution in [0.2, 0.25) is 0 Å². The molecule has 1 aliphatic rings. The molecule has 0 amide bonds. The third-order valence-electron chi connectivity index (χ3n) is 7.58. The number of halogens is 6. The molecule has 5 rings (SSSR count). The predicted octanol–water partition coefficient (Wildman–Crippen LogP) is 9.21. The first-order valence-corrected chi connectivity index (χ1v) is 14.9. The van der Waals surface area contributed by atoms with E-state index in [2.05, 4.69) is 15.1 Å². The minimum absolute atomic E-state index is 0.0172. The number of fused-ring (bicyclic) bond motifs is 1. The molecule has 2 aromatic carbocycles. The Morgan fingerprint density at radius 2 is 1.48 bits per heavy atom. The summed E-state index contributed by atoms with van der Waals surface area (Å²) in [6.07, 6.45) is -5.30. The molecule has 0 atom stereocenters. The van der Waals surface area contributed by atoms with E-state index >= 15 is 0 Å². The Bertz CT molecular complexity index is 1500. The zero-order valence-corrected chi connectivity index (χ0v) is 25.3. The predicted molar refractivity (Wildman–Crippen MR) is 158 cm³/mol. The minimum Gasteiger partial charge on any atom is -0.408 e. The van der Waals surface area contributed by atoms with Gasteiger partial charge in [-0.15, -0.1) is 5.10 Å². The van der Waals surface area contributed by atoms with E-state index in [1.54, 1.807) is 6.92 Å². The van der Waals surface area contributed by atoms with Crippen LogP contribution in [0.5, 0.6) is 0 Å². The van der Waals surface area contributed by atoms with Gasteiger partial charge in [0, 0.05) is 37.5 Å². The SMILES string of the molecule is CC.CCN(CC1CCCC1)c1nc2ccccc2cc1CN(Cc1cc(C(F)(F)F)cc(C(F)(F)F)c1)c1nnc(C)o1. The first-order chi connectivity index (χ1) is 20.9. The molecule has 1 aliphatic carbocycles. The summed E-state index contributed by atoms with van der Waals surface area (Å²) in [5.41, 5.74) is -1.42. The molecule has 4 aromatic rings. The Hall–Kier alpha value is -3.83. The molecule has 2 heterocycles. The zero-order chi connectivity index (χ0) is 32.1. The second kappa shape index (κ2) is 13.9. The average Bonchev–Trinajstić information content (AvgIpc) is 3.67. The monoisotopic (exact) mass is 621 g/mol. The number of pyridine rings is 1. The highest BCUT2D eigenvalue weighted by molar-refractivity contribution is 5.82. The molecule has 44 heavy (non-hydrogen) atoms. The van der Waals surface area contributed by atoms with E-state index in [1.165, 1.54) is 17.7 Å². The van der Waals surface area contributed by atoms with Crippen molar-refractivity contribution < 1.29 is 30.8 Å². The number of anilines is 2. The summed E-state index contributed by atoms with van der Waals surface area (Å²) in [4.78, 5) is 8.67. The topological polar surface area (TPSA) is 58.3 Å². The normalized spacial score (nSPS) is 14.0. The molecular weight excluding hydrogens is 584 g/mol. The number of alkyl halides is 6. The van der Waals surface area contributed by atoms with E-state index in [-0.39, 0.29) is 36.6 Å². The van der Waals surface area contributed by atoms with Crippen molar-refractivity contribution in [2.45, 2.75) is 78.8 Å². The summed E-state index contributed by atoms with van der Waals surface area (Å²) in [7, 11) is 0. The van der Waals surface area contributed by atoms with Crippen molar-refractivity contribution in [2.24, 2.45) is 5.92 Å². The molecular formula is C32H37F6N5O. The second-order valence-corrected chi connectivity index (χ2v) is 10.7. The Morgan fingerprint density at radius 3 is 2.05 bits per heavy atom. The van der Waals surface area contributed by atoms with E-state index in [4.69, 9.17) is 9.40 Å². The van der Waals surface area contributed by atoms with Crippen LogP contribution >= 0.6 is 0 Å². The first kappa shape index (κ1) is 33.1. The molecule has 0 saturated heterocycles. The summed E-state index contributed by atoms with van der Waals surface area (Å²) >= 11 is 0. The Balaban J connectivity index is 0.00000216. The number of aryl methyl sites for hydroxylation is 1. The fraction of sp³-hybridized carbons (Fsp3) is 0.469. The van der Waals surface area contributed by atoms with E-state index in [0.29, 0.717) is 18.3 Å². The lowest BCUT2D eigenvalue weighted by molar-refractivity contribution is -0.143. The fourth-order valence-electron chi connectivity index (χ4n) is 5.55. The lowest BCUT2D eigenvalue weighted by Gasteiger charge is -2.29. The van der Waals surface area contributed by atoms with E-state index in [0.717, 1.165) is 48.0 Å². The van der Waals surface area contributed by atoms with E-state index in [1.807, 2.05) is 51.1 Å². The van der Waals surface area contributed by atoms with Gasteiger partial charge in [0.15, 0.2) is 0 Å². The maximum Gasteiger partial charge on any atom is 0.416 e. The molecule has 0 N–H and O–H groups in total. The van der Waals surface area contributed by atoms with Crippen LogP contribution in [-0.4, -0.2) is 28.3 Å². The van der Waals surface area contributed by atoms with Crippen LogP contribution in [0.1, 0.15) is 74.6 Å². The van der Waals surface area contributed by atoms with Gasteiger partial charge in [0.05, 0.1) is 23.2 Å². The maximum absolute atomic E-state index is 13.6. The maximum atomic E-state index is 13.6. The van der Waals surface area contributed by atoms with Crippen LogP contribution in [0.15, 0.2) is 52.9 Å². The summed E-state index contributed by atoms with van der Waals surface area (Å²) in [6, 6.07) is 11.1. The summed E-state index contributed by atoms with van der Waals surface area (Å²) in [6.45, 7) is 8.80. The van der Waals surface area contributed by atoms with Crippen LogP contribution in [0, 0.1) is 12.8 Å². The van der Waals surface area contributed by atoms with Gasteiger partial charge < -0.3 is 14.2 Å². The molecule has 0 bridgehead atoms. The van der Waals surface area contributed by atoms with Gasteiger partial charge in [0.25, 0.3) is 0 Å². The molecule has 6 nitrogen and oxygen atoms in total. The second-order valence-electron chi connectivity index (χ2n) is 10.7. The highest BCUT2D eigenvalue weighted by Gasteiger charge is 2.37. The molecule has 0 aliphatic heterocycles. The van der Waals surface area contributed by atoms with E-state index in [9.17, 15) is 26.3 Å². The highest BCUT2D eigenvalue weighted by atomic mass is 19.4. The minimum atomic E-state index is -4.96. The van der Waals surface area contributed by atoms with Gasteiger partial charge in [-0.3, -0.25) is 0 Å². The molecule has 1 saturated carbocycles. The van der Waals surface area contributed by atoms with Crippen LogP contribution in [0.3, 0.4) is 0 Å². The third-order valence-corrected chi connectivity index (χ3v) is 7.58. The van der Waals surface area contributed by atoms with Gasteiger partial charge in [0.2, 0.25) is 5.89 Å². The van der Waals surface area contributed by atoms with Crippen LogP contribution in [0.25, 0.3) is 10.9 Å². The number of nitrogens with zero attached hydrogens (tertiary/aromatic N) is 5. The molecule has 1 fully saturated rings. The van der Waals surface area contributed by atoms with Gasteiger partial charge in [-0.1, -0.05) is 50.0 Å². The molecule has 238 valence electrons. The van der Waals surface area contributed by atoms with Gasteiger partial charge in [-0.05, 0) is 61.6 Å². The first-order valence-electron chi connectivity index (χ1n) is 14.9. The Labute approximate surface area is 253 Å². The molecule has 12 heteroatoms. The molecule has 2 aromatic heterocycles. The van der Waals surface area contributed by atoms with Crippen LogP contribution < -0.4 is 9.80 Å². The number of benzene rings is 2. The number of aromatic nitrogens is 3. The molecule has 0 unspecified atom stereocenters. The largest absolute Gasteiger partial charge is 0.416 e. The number of hydrogen-bond acceptors (Lipinski definition) is 6. The third kappa shape index (κ3) is 8.00. The molecule has 0 spiro atoms. The van der Waals surface area contributed by atoms with Crippen molar-refractivity contribution >= 4 is 22.7 Å². The van der Waals surface area contributed by atoms with Crippen molar-refractivity contribution in [3.05, 3.63) is 76.7 Å². The van der Waals surface area contributed by atoms with Gasteiger partial charge >= 0.3 is 18.4 Å². The summed E-state index contributed by atoms with van der Waals surface area (Å²) in [5.74, 6) is 1.44. The number of rotatable bonds is 9. The van der Waals surface area contributed by atoms with Crippen molar-refractivity contribution in [3.8, 4) is 0 Å². The van der Waals surface area contributed by atoms with Crippen LogP contribution in [0.4, 0.5) is 38.2 Å². The Kier molecular flexibility index (Phi) is 10.4. The van der Waals surface area contributed by atoms with Gasteiger partial charge in [0.1, 0.15) is 5.82 Å². The summed E-state index contributed by atoms with van der Waals surface area (Å²) in [5, 5.41) is 8.76. The number of para-hydroxylation sites is 1. The smallest absolute Gasteiger partial charge is 0.408 e. The lowest BCUT2D eigenvalue weighted by Crippen LogP contribution is -2.31. The van der Waals surface area contributed by atoms with Crippen molar-refractivity contribution in [3.63, 3.8) is 0 Å². The standard InChI is InChI=1S/C30H31F6N5O.C2H6/c1-3-40(16-20-8-4-5-9-20)27-23(14-22-10-6-7-11-26(22)37-27)18-41(28-39-38-19(2)42-28)17-21-12-24(29(31,32)33)15-25(13-21)30(34,35)36;1-2/h6-7,10-15,20H,3-5,8-9,16-18H2,1-2H3;1-2H3.